The highest BCUT2D eigenvalue weighted by molar-refractivity contribution is 7.90. The maximum Gasteiger partial charge on any atom is 0.237 e. The van der Waals surface area contributed by atoms with Gasteiger partial charge in [0, 0.05) is 24.5 Å². The molecule has 1 aromatic carbocycles. The van der Waals surface area contributed by atoms with Crippen LogP contribution < -0.4 is 16.4 Å². The van der Waals surface area contributed by atoms with Gasteiger partial charge in [0.15, 0.2) is 9.84 Å². The van der Waals surface area contributed by atoms with Gasteiger partial charge in [0.05, 0.1) is 10.9 Å². The molecule has 1 aliphatic rings. The van der Waals surface area contributed by atoms with Crippen LogP contribution in [0.3, 0.4) is 0 Å². The summed E-state index contributed by atoms with van der Waals surface area (Å²) in [5.74, 6) is 0.476. The van der Waals surface area contributed by atoms with Crippen LogP contribution in [-0.2, 0) is 14.6 Å². The number of rotatable bonds is 8. The van der Waals surface area contributed by atoms with E-state index in [4.69, 9.17) is 5.73 Å². The summed E-state index contributed by atoms with van der Waals surface area (Å²) in [5.41, 5.74) is 6.88. The van der Waals surface area contributed by atoms with E-state index in [1.807, 2.05) is 6.92 Å². The minimum Gasteiger partial charge on any atom is -0.383 e. The van der Waals surface area contributed by atoms with Crippen LogP contribution in [0.25, 0.3) is 0 Å². The number of anilines is 1. The van der Waals surface area contributed by atoms with Crippen LogP contribution in [0.4, 0.5) is 5.69 Å². The zero-order valence-electron chi connectivity index (χ0n) is 15.7. The van der Waals surface area contributed by atoms with Crippen molar-refractivity contribution in [1.29, 1.82) is 0 Å². The van der Waals surface area contributed by atoms with Crippen LogP contribution in [-0.4, -0.2) is 39.2 Å². The van der Waals surface area contributed by atoms with Crippen molar-refractivity contribution in [3.8, 4) is 0 Å². The first-order chi connectivity index (χ1) is 12.3. The van der Waals surface area contributed by atoms with Crippen LogP contribution in [0.15, 0.2) is 29.2 Å². The Morgan fingerprint density at radius 3 is 2.38 bits per heavy atom. The third-order valence-electron chi connectivity index (χ3n) is 4.93. The Bertz CT molecular complexity index is 682. The van der Waals surface area contributed by atoms with Crippen LogP contribution in [0.2, 0.25) is 0 Å². The Labute approximate surface area is 156 Å². The lowest BCUT2D eigenvalue weighted by atomic mass is 9.85. The second-order valence-corrected chi connectivity index (χ2v) is 9.45. The molecule has 2 rings (SSSR count). The van der Waals surface area contributed by atoms with Gasteiger partial charge in [0.1, 0.15) is 0 Å². The summed E-state index contributed by atoms with van der Waals surface area (Å²) in [7, 11) is -3.19. The van der Waals surface area contributed by atoms with Crippen molar-refractivity contribution in [2.75, 3.05) is 18.1 Å². The molecular formula is C19H31N3O3S. The van der Waals surface area contributed by atoms with E-state index < -0.39 is 15.9 Å². The number of nitrogens with two attached hydrogens (primary N) is 1. The van der Waals surface area contributed by atoms with E-state index in [0.717, 1.165) is 12.1 Å². The molecule has 0 saturated heterocycles. The zero-order chi connectivity index (χ0) is 19.2. The van der Waals surface area contributed by atoms with E-state index in [-0.39, 0.29) is 16.8 Å². The van der Waals surface area contributed by atoms with Crippen molar-refractivity contribution in [1.82, 2.24) is 5.32 Å². The first kappa shape index (κ1) is 20.7. The molecule has 0 spiro atoms. The lowest BCUT2D eigenvalue weighted by molar-refractivity contribution is -0.123. The summed E-state index contributed by atoms with van der Waals surface area (Å²) in [6.07, 6.45) is 8.10. The molecule has 4 N–H and O–H groups in total. The number of benzene rings is 1. The van der Waals surface area contributed by atoms with E-state index >= 15 is 0 Å². The smallest absolute Gasteiger partial charge is 0.237 e. The number of amides is 1. The van der Waals surface area contributed by atoms with Gasteiger partial charge in [0.25, 0.3) is 0 Å². The van der Waals surface area contributed by atoms with E-state index in [0.29, 0.717) is 12.5 Å². The molecule has 1 fully saturated rings. The monoisotopic (exact) mass is 381 g/mol. The molecule has 2 atom stereocenters. The lowest BCUT2D eigenvalue weighted by Crippen LogP contribution is -2.47. The van der Waals surface area contributed by atoms with Gasteiger partial charge in [-0.05, 0) is 43.5 Å². The highest BCUT2D eigenvalue weighted by atomic mass is 32.2. The molecule has 1 aliphatic carbocycles. The minimum atomic E-state index is -3.19. The van der Waals surface area contributed by atoms with Gasteiger partial charge < -0.3 is 16.4 Å². The van der Waals surface area contributed by atoms with Gasteiger partial charge in [-0.25, -0.2) is 8.42 Å². The molecule has 0 unspecified atom stereocenters. The molecule has 6 nitrogen and oxygen atoms in total. The normalized spacial score (nSPS) is 18.1. The minimum absolute atomic E-state index is 0.0745. The summed E-state index contributed by atoms with van der Waals surface area (Å²) < 4.78 is 22.9. The van der Waals surface area contributed by atoms with Crippen molar-refractivity contribution in [2.45, 2.75) is 62.4 Å². The summed E-state index contributed by atoms with van der Waals surface area (Å²) in [6, 6.07) is 6.06. The first-order valence-corrected chi connectivity index (χ1v) is 11.2. The molecule has 0 aromatic heterocycles. The lowest BCUT2D eigenvalue weighted by Gasteiger charge is -2.25. The predicted molar refractivity (Wildman–Crippen MR) is 105 cm³/mol. The standard InChI is InChI=1S/C19H31N3O3S/c1-14(13-21-16-8-10-17(11-9-16)26(2,24)25)22-19(23)18(20)12-15-6-4-3-5-7-15/h8-11,14-15,18,21H,3-7,12-13,20H2,1-2H3,(H,22,23)/t14-,18-/m0/s1. The fraction of sp³-hybridized carbons (Fsp3) is 0.632. The topological polar surface area (TPSA) is 101 Å². The van der Waals surface area contributed by atoms with Gasteiger partial charge in [0.2, 0.25) is 5.91 Å². The van der Waals surface area contributed by atoms with E-state index in [1.54, 1.807) is 24.3 Å². The molecule has 1 aromatic rings. The summed E-state index contributed by atoms with van der Waals surface area (Å²) in [6.45, 7) is 2.46. The number of carbonyl (C=O) groups excluding carboxylic acids is 1. The maximum atomic E-state index is 12.3. The third kappa shape index (κ3) is 6.61. The summed E-state index contributed by atoms with van der Waals surface area (Å²) in [4.78, 5) is 12.6. The molecule has 1 saturated carbocycles. The Balaban J connectivity index is 1.75. The molecule has 1 amide bonds. The number of sulfone groups is 1. The Kier molecular flexibility index (Phi) is 7.46. The SMILES string of the molecule is C[C@@H](CNc1ccc(S(C)(=O)=O)cc1)NC(=O)[C@@H](N)CC1CCCCC1. The summed E-state index contributed by atoms with van der Waals surface area (Å²) >= 11 is 0. The van der Waals surface area contributed by atoms with Crippen LogP contribution >= 0.6 is 0 Å². The number of hydrogen-bond acceptors (Lipinski definition) is 5. The first-order valence-electron chi connectivity index (χ1n) is 9.35. The fourth-order valence-corrected chi connectivity index (χ4v) is 4.01. The van der Waals surface area contributed by atoms with E-state index in [9.17, 15) is 13.2 Å². The van der Waals surface area contributed by atoms with Gasteiger partial charge in [-0.3, -0.25) is 4.79 Å². The largest absolute Gasteiger partial charge is 0.383 e. The quantitative estimate of drug-likeness (QED) is 0.641. The number of carbonyl (C=O) groups is 1. The molecular weight excluding hydrogens is 350 g/mol. The van der Waals surface area contributed by atoms with Gasteiger partial charge >= 0.3 is 0 Å². The van der Waals surface area contributed by atoms with Crippen molar-refractivity contribution >= 4 is 21.4 Å². The van der Waals surface area contributed by atoms with Gasteiger partial charge in [-0.1, -0.05) is 32.1 Å². The maximum absolute atomic E-state index is 12.3. The molecule has 7 heteroatoms. The predicted octanol–water partition coefficient (Wildman–Crippen LogP) is 2.30. The van der Waals surface area contributed by atoms with Gasteiger partial charge in [-0.2, -0.15) is 0 Å². The van der Waals surface area contributed by atoms with Crippen molar-refractivity contribution in [3.63, 3.8) is 0 Å². The second kappa shape index (κ2) is 9.37. The van der Waals surface area contributed by atoms with E-state index in [2.05, 4.69) is 10.6 Å². The van der Waals surface area contributed by atoms with Crippen molar-refractivity contribution in [3.05, 3.63) is 24.3 Å². The Morgan fingerprint density at radius 2 is 1.81 bits per heavy atom. The van der Waals surface area contributed by atoms with Crippen LogP contribution in [0.1, 0.15) is 45.4 Å². The average molecular weight is 382 g/mol. The third-order valence-corrected chi connectivity index (χ3v) is 6.06. The summed E-state index contributed by atoms with van der Waals surface area (Å²) in [5, 5.41) is 6.15. The van der Waals surface area contributed by atoms with Crippen LogP contribution in [0.5, 0.6) is 0 Å². The fourth-order valence-electron chi connectivity index (χ4n) is 3.38. The molecule has 0 radical (unpaired) electrons. The number of nitrogens with one attached hydrogen (secondary N) is 2. The Morgan fingerprint density at radius 1 is 1.19 bits per heavy atom. The van der Waals surface area contributed by atoms with Crippen molar-refractivity contribution < 1.29 is 13.2 Å². The highest BCUT2D eigenvalue weighted by Crippen LogP contribution is 2.27. The molecule has 26 heavy (non-hydrogen) atoms. The molecule has 0 bridgehead atoms. The molecule has 0 aliphatic heterocycles. The highest BCUT2D eigenvalue weighted by Gasteiger charge is 2.22. The Hall–Kier alpha value is -1.60. The average Bonchev–Trinajstić information content (AvgIpc) is 2.60. The second-order valence-electron chi connectivity index (χ2n) is 7.43. The molecule has 146 valence electrons. The van der Waals surface area contributed by atoms with Crippen LogP contribution in [0, 0.1) is 5.92 Å². The number of hydrogen-bond donors (Lipinski definition) is 3. The molecule has 0 heterocycles. The van der Waals surface area contributed by atoms with E-state index in [1.165, 1.54) is 38.4 Å². The van der Waals surface area contributed by atoms with Gasteiger partial charge in [-0.15, -0.1) is 0 Å². The van der Waals surface area contributed by atoms with Crippen molar-refractivity contribution in [2.24, 2.45) is 11.7 Å². The zero-order valence-corrected chi connectivity index (χ0v) is 16.5.